The second-order valence-corrected chi connectivity index (χ2v) is 4.43. The maximum absolute atomic E-state index is 11.5. The van der Waals surface area contributed by atoms with E-state index in [0.29, 0.717) is 22.8 Å². The van der Waals surface area contributed by atoms with Gasteiger partial charge in [0.1, 0.15) is 18.7 Å². The molecule has 112 valence electrons. The maximum Gasteiger partial charge on any atom is 0.337 e. The molecular formula is C14H18N4O3. The van der Waals surface area contributed by atoms with Crippen molar-refractivity contribution in [2.75, 3.05) is 12.8 Å². The molecule has 0 radical (unpaired) electrons. The van der Waals surface area contributed by atoms with E-state index in [-0.39, 0.29) is 6.61 Å². The Morgan fingerprint density at radius 3 is 2.95 bits per heavy atom. The van der Waals surface area contributed by atoms with Crippen molar-refractivity contribution >= 4 is 11.7 Å². The molecular weight excluding hydrogens is 272 g/mol. The highest BCUT2D eigenvalue weighted by molar-refractivity contribution is 5.90. The third kappa shape index (κ3) is 3.50. The number of ether oxygens (including phenoxy) is 2. The average molecular weight is 290 g/mol. The lowest BCUT2D eigenvalue weighted by molar-refractivity contribution is 0.0600. The highest BCUT2D eigenvalue weighted by Gasteiger charge is 2.11. The summed E-state index contributed by atoms with van der Waals surface area (Å²) < 4.78 is 12.1. The zero-order valence-electron chi connectivity index (χ0n) is 12.1. The standard InChI is InChI=1S/C14H18N4O3/c1-3-6-18-13(16-9-17-18)8-21-12-7-10(14(19)20-2)4-5-11(12)15/h4-5,7,9H,3,6,8,15H2,1-2H3. The van der Waals surface area contributed by atoms with Gasteiger partial charge in [0.25, 0.3) is 0 Å². The van der Waals surface area contributed by atoms with E-state index in [1.54, 1.807) is 22.9 Å². The van der Waals surface area contributed by atoms with Crippen LogP contribution in [0.5, 0.6) is 5.75 Å². The second-order valence-electron chi connectivity index (χ2n) is 4.43. The van der Waals surface area contributed by atoms with E-state index in [0.717, 1.165) is 13.0 Å². The first-order valence-corrected chi connectivity index (χ1v) is 6.63. The first-order chi connectivity index (χ1) is 10.2. The van der Waals surface area contributed by atoms with Gasteiger partial charge in [0.2, 0.25) is 0 Å². The number of methoxy groups -OCH3 is 1. The molecule has 0 saturated heterocycles. The van der Waals surface area contributed by atoms with Crippen molar-refractivity contribution in [1.29, 1.82) is 0 Å². The number of aryl methyl sites for hydroxylation is 1. The summed E-state index contributed by atoms with van der Waals surface area (Å²) in [5, 5.41) is 4.12. The van der Waals surface area contributed by atoms with Crippen LogP contribution in [0.2, 0.25) is 0 Å². The Morgan fingerprint density at radius 2 is 2.24 bits per heavy atom. The zero-order valence-corrected chi connectivity index (χ0v) is 12.1. The van der Waals surface area contributed by atoms with E-state index in [1.165, 1.54) is 13.4 Å². The van der Waals surface area contributed by atoms with Gasteiger partial charge in [0, 0.05) is 6.54 Å². The summed E-state index contributed by atoms with van der Waals surface area (Å²) in [5.74, 6) is 0.692. The summed E-state index contributed by atoms with van der Waals surface area (Å²) in [4.78, 5) is 15.7. The van der Waals surface area contributed by atoms with Crippen molar-refractivity contribution in [1.82, 2.24) is 14.8 Å². The van der Waals surface area contributed by atoms with Crippen LogP contribution in [0.3, 0.4) is 0 Å². The van der Waals surface area contributed by atoms with Gasteiger partial charge in [-0.05, 0) is 24.6 Å². The Labute approximate surface area is 122 Å². The molecule has 1 aromatic heterocycles. The van der Waals surface area contributed by atoms with Gasteiger partial charge in [-0.15, -0.1) is 0 Å². The summed E-state index contributed by atoms with van der Waals surface area (Å²) >= 11 is 0. The van der Waals surface area contributed by atoms with Crippen LogP contribution >= 0.6 is 0 Å². The molecule has 0 atom stereocenters. The van der Waals surface area contributed by atoms with Gasteiger partial charge in [-0.3, -0.25) is 0 Å². The third-order valence-electron chi connectivity index (χ3n) is 2.92. The van der Waals surface area contributed by atoms with Gasteiger partial charge < -0.3 is 15.2 Å². The topological polar surface area (TPSA) is 92.3 Å². The quantitative estimate of drug-likeness (QED) is 0.642. The normalized spacial score (nSPS) is 10.4. The van der Waals surface area contributed by atoms with Crippen LogP contribution in [0.25, 0.3) is 0 Å². The predicted octanol–water partition coefficient (Wildman–Crippen LogP) is 1.64. The number of aromatic nitrogens is 3. The number of carbonyl (C=O) groups is 1. The van der Waals surface area contributed by atoms with Crippen LogP contribution in [0.1, 0.15) is 29.5 Å². The Bertz CT molecular complexity index is 624. The number of anilines is 1. The molecule has 0 aliphatic heterocycles. The number of hydrogen-bond donors (Lipinski definition) is 1. The van der Waals surface area contributed by atoms with Gasteiger partial charge in [-0.1, -0.05) is 6.92 Å². The third-order valence-corrected chi connectivity index (χ3v) is 2.92. The molecule has 0 aliphatic rings. The molecule has 0 aliphatic carbocycles. The first kappa shape index (κ1) is 14.8. The fraction of sp³-hybridized carbons (Fsp3) is 0.357. The molecule has 2 aromatic rings. The fourth-order valence-electron chi connectivity index (χ4n) is 1.84. The molecule has 21 heavy (non-hydrogen) atoms. The fourth-order valence-corrected chi connectivity index (χ4v) is 1.84. The molecule has 7 heteroatoms. The lowest BCUT2D eigenvalue weighted by Gasteiger charge is -2.10. The average Bonchev–Trinajstić information content (AvgIpc) is 2.93. The van der Waals surface area contributed by atoms with Gasteiger partial charge in [-0.25, -0.2) is 14.5 Å². The molecule has 0 amide bonds. The molecule has 0 unspecified atom stereocenters. The van der Waals surface area contributed by atoms with Crippen molar-refractivity contribution in [2.45, 2.75) is 26.5 Å². The minimum Gasteiger partial charge on any atom is -0.483 e. The SMILES string of the molecule is CCCn1ncnc1COc1cc(C(=O)OC)ccc1N. The van der Waals surface area contributed by atoms with Crippen LogP contribution in [0, 0.1) is 0 Å². The number of carbonyl (C=O) groups excluding carboxylic acids is 1. The monoisotopic (exact) mass is 290 g/mol. The summed E-state index contributed by atoms with van der Waals surface area (Å²) in [6, 6.07) is 4.76. The summed E-state index contributed by atoms with van der Waals surface area (Å²) in [5.41, 5.74) is 6.68. The van der Waals surface area contributed by atoms with Gasteiger partial charge >= 0.3 is 5.97 Å². The number of nitrogens with two attached hydrogens (primary N) is 1. The predicted molar refractivity (Wildman–Crippen MR) is 76.8 cm³/mol. The molecule has 0 bridgehead atoms. The molecule has 1 heterocycles. The lowest BCUT2D eigenvalue weighted by Crippen LogP contribution is -2.09. The van der Waals surface area contributed by atoms with Crippen molar-refractivity contribution in [2.24, 2.45) is 0 Å². The van der Waals surface area contributed by atoms with Crippen molar-refractivity contribution in [3.8, 4) is 5.75 Å². The van der Waals surface area contributed by atoms with Gasteiger partial charge in [0.15, 0.2) is 5.82 Å². The van der Waals surface area contributed by atoms with E-state index in [4.69, 9.17) is 10.5 Å². The Kier molecular flexibility index (Phi) is 4.76. The Morgan fingerprint density at radius 1 is 1.43 bits per heavy atom. The van der Waals surface area contributed by atoms with Crippen LogP contribution in [-0.4, -0.2) is 27.8 Å². The largest absolute Gasteiger partial charge is 0.483 e. The van der Waals surface area contributed by atoms with E-state index < -0.39 is 5.97 Å². The molecule has 0 fully saturated rings. The van der Waals surface area contributed by atoms with Crippen LogP contribution in [0.4, 0.5) is 5.69 Å². The van der Waals surface area contributed by atoms with Crippen molar-refractivity contribution < 1.29 is 14.3 Å². The molecule has 1 aromatic carbocycles. The maximum atomic E-state index is 11.5. The van der Waals surface area contributed by atoms with Gasteiger partial charge in [0.05, 0.1) is 18.4 Å². The van der Waals surface area contributed by atoms with Crippen LogP contribution < -0.4 is 10.5 Å². The first-order valence-electron chi connectivity index (χ1n) is 6.63. The Balaban J connectivity index is 2.12. The van der Waals surface area contributed by atoms with Crippen molar-refractivity contribution in [3.63, 3.8) is 0 Å². The van der Waals surface area contributed by atoms with Crippen molar-refractivity contribution in [3.05, 3.63) is 35.9 Å². The van der Waals surface area contributed by atoms with E-state index in [9.17, 15) is 4.79 Å². The minimum atomic E-state index is -0.436. The molecule has 7 nitrogen and oxygen atoms in total. The number of nitrogen functional groups attached to an aromatic ring is 1. The van der Waals surface area contributed by atoms with Crippen LogP contribution in [0.15, 0.2) is 24.5 Å². The number of rotatable bonds is 6. The summed E-state index contributed by atoms with van der Waals surface area (Å²) in [6.45, 7) is 3.06. The lowest BCUT2D eigenvalue weighted by atomic mass is 10.2. The number of hydrogen-bond acceptors (Lipinski definition) is 6. The Hall–Kier alpha value is -2.57. The zero-order chi connectivity index (χ0) is 15.2. The molecule has 2 N–H and O–H groups in total. The number of benzene rings is 1. The number of esters is 1. The molecule has 0 spiro atoms. The molecule has 0 saturated carbocycles. The van der Waals surface area contributed by atoms with Crippen LogP contribution in [-0.2, 0) is 17.9 Å². The summed E-state index contributed by atoms with van der Waals surface area (Å²) in [6.07, 6.45) is 2.44. The van der Waals surface area contributed by atoms with E-state index in [2.05, 4.69) is 21.7 Å². The van der Waals surface area contributed by atoms with E-state index in [1.807, 2.05) is 0 Å². The number of nitrogens with zero attached hydrogens (tertiary/aromatic N) is 3. The second kappa shape index (κ2) is 6.74. The van der Waals surface area contributed by atoms with Gasteiger partial charge in [-0.2, -0.15) is 5.10 Å². The smallest absolute Gasteiger partial charge is 0.337 e. The highest BCUT2D eigenvalue weighted by Crippen LogP contribution is 2.24. The summed E-state index contributed by atoms with van der Waals surface area (Å²) in [7, 11) is 1.33. The molecule has 2 rings (SSSR count). The van der Waals surface area contributed by atoms with E-state index >= 15 is 0 Å². The highest BCUT2D eigenvalue weighted by atomic mass is 16.5. The minimum absolute atomic E-state index is 0.231.